The van der Waals surface area contributed by atoms with Gasteiger partial charge in [0.25, 0.3) is 0 Å². The second-order valence-electron chi connectivity index (χ2n) is 7.53. The third-order valence-corrected chi connectivity index (χ3v) is 5.26. The van der Waals surface area contributed by atoms with E-state index in [1.807, 2.05) is 77.7 Å². The normalized spacial score (nSPS) is 14.5. The SMILES string of the molecule is O=C(/C=C/c1cccc(OCc2ccccc2)c1)N1CCC(Nc2cccnn2)CC1. The first-order chi connectivity index (χ1) is 15.3. The molecule has 1 aliphatic rings. The van der Waals surface area contributed by atoms with Gasteiger partial charge in [-0.25, -0.2) is 0 Å². The van der Waals surface area contributed by atoms with Crippen molar-refractivity contribution >= 4 is 17.8 Å². The topological polar surface area (TPSA) is 67.3 Å². The van der Waals surface area contributed by atoms with Crippen molar-refractivity contribution in [2.75, 3.05) is 18.4 Å². The maximum absolute atomic E-state index is 12.6. The van der Waals surface area contributed by atoms with Gasteiger partial charge in [-0.3, -0.25) is 4.79 Å². The van der Waals surface area contributed by atoms with Crippen LogP contribution in [-0.2, 0) is 11.4 Å². The van der Waals surface area contributed by atoms with Gasteiger partial charge in [0.2, 0.25) is 5.91 Å². The number of nitrogens with one attached hydrogen (secondary N) is 1. The molecular weight excluding hydrogens is 388 g/mol. The highest BCUT2D eigenvalue weighted by Gasteiger charge is 2.21. The van der Waals surface area contributed by atoms with Crippen molar-refractivity contribution in [3.63, 3.8) is 0 Å². The van der Waals surface area contributed by atoms with Crippen LogP contribution in [0.4, 0.5) is 5.82 Å². The molecule has 0 atom stereocenters. The number of benzene rings is 2. The molecule has 158 valence electrons. The third kappa shape index (κ3) is 6.15. The summed E-state index contributed by atoms with van der Waals surface area (Å²) in [5.74, 6) is 1.60. The van der Waals surface area contributed by atoms with Crippen molar-refractivity contribution < 1.29 is 9.53 Å². The Morgan fingerprint density at radius 1 is 1.06 bits per heavy atom. The molecule has 1 fully saturated rings. The number of likely N-dealkylation sites (tertiary alicyclic amines) is 1. The monoisotopic (exact) mass is 414 g/mol. The molecule has 2 heterocycles. The molecule has 1 saturated heterocycles. The molecule has 6 nitrogen and oxygen atoms in total. The molecule has 0 bridgehead atoms. The minimum atomic E-state index is 0.0357. The lowest BCUT2D eigenvalue weighted by Crippen LogP contribution is -2.41. The minimum Gasteiger partial charge on any atom is -0.489 e. The lowest BCUT2D eigenvalue weighted by Gasteiger charge is -2.31. The first kappa shape index (κ1) is 20.6. The lowest BCUT2D eigenvalue weighted by atomic mass is 10.0. The fourth-order valence-electron chi connectivity index (χ4n) is 3.55. The molecule has 0 spiro atoms. The van der Waals surface area contributed by atoms with Crippen LogP contribution in [0.15, 0.2) is 79.0 Å². The smallest absolute Gasteiger partial charge is 0.246 e. The van der Waals surface area contributed by atoms with E-state index in [1.165, 1.54) is 0 Å². The number of ether oxygens (including phenoxy) is 1. The van der Waals surface area contributed by atoms with E-state index in [0.717, 1.165) is 48.6 Å². The van der Waals surface area contributed by atoms with E-state index < -0.39 is 0 Å². The van der Waals surface area contributed by atoms with Crippen molar-refractivity contribution in [3.8, 4) is 5.75 Å². The van der Waals surface area contributed by atoms with E-state index in [2.05, 4.69) is 15.5 Å². The summed E-state index contributed by atoms with van der Waals surface area (Å²) in [5, 5.41) is 11.3. The summed E-state index contributed by atoms with van der Waals surface area (Å²) >= 11 is 0. The lowest BCUT2D eigenvalue weighted by molar-refractivity contribution is -0.126. The molecule has 1 N–H and O–H groups in total. The predicted molar refractivity (Wildman–Crippen MR) is 122 cm³/mol. The number of carbonyl (C=O) groups excluding carboxylic acids is 1. The highest BCUT2D eigenvalue weighted by molar-refractivity contribution is 5.91. The van der Waals surface area contributed by atoms with Crippen LogP contribution in [0.5, 0.6) is 5.75 Å². The molecule has 1 amide bonds. The quantitative estimate of drug-likeness (QED) is 0.588. The zero-order chi connectivity index (χ0) is 21.3. The Bertz CT molecular complexity index is 1000. The van der Waals surface area contributed by atoms with E-state index in [4.69, 9.17) is 4.74 Å². The summed E-state index contributed by atoms with van der Waals surface area (Å²) in [4.78, 5) is 14.5. The summed E-state index contributed by atoms with van der Waals surface area (Å²) in [6, 6.07) is 21.9. The van der Waals surface area contributed by atoms with Crippen LogP contribution in [-0.4, -0.2) is 40.1 Å². The molecule has 2 aromatic carbocycles. The number of nitrogens with zero attached hydrogens (tertiary/aromatic N) is 3. The summed E-state index contributed by atoms with van der Waals surface area (Å²) < 4.78 is 5.87. The van der Waals surface area contributed by atoms with Gasteiger partial charge in [-0.15, -0.1) is 5.10 Å². The number of hydrogen-bond donors (Lipinski definition) is 1. The van der Waals surface area contributed by atoms with Crippen LogP contribution in [0.25, 0.3) is 6.08 Å². The number of carbonyl (C=O) groups is 1. The summed E-state index contributed by atoms with van der Waals surface area (Å²) in [5.41, 5.74) is 2.06. The van der Waals surface area contributed by atoms with Gasteiger partial charge in [-0.2, -0.15) is 5.10 Å². The molecule has 0 radical (unpaired) electrons. The maximum atomic E-state index is 12.6. The number of anilines is 1. The zero-order valence-corrected chi connectivity index (χ0v) is 17.4. The van der Waals surface area contributed by atoms with Gasteiger partial charge in [0.1, 0.15) is 18.2 Å². The molecule has 6 heteroatoms. The van der Waals surface area contributed by atoms with Crippen LogP contribution in [0.3, 0.4) is 0 Å². The number of aromatic nitrogens is 2. The van der Waals surface area contributed by atoms with E-state index in [0.29, 0.717) is 12.6 Å². The molecule has 0 unspecified atom stereocenters. The van der Waals surface area contributed by atoms with E-state index >= 15 is 0 Å². The molecule has 0 aliphatic carbocycles. The zero-order valence-electron chi connectivity index (χ0n) is 17.4. The minimum absolute atomic E-state index is 0.0357. The Labute approximate surface area is 182 Å². The van der Waals surface area contributed by atoms with E-state index in [1.54, 1.807) is 12.3 Å². The van der Waals surface area contributed by atoms with E-state index in [-0.39, 0.29) is 5.91 Å². The molecule has 3 aromatic rings. The van der Waals surface area contributed by atoms with Crippen LogP contribution in [0.2, 0.25) is 0 Å². The standard InChI is InChI=1S/C25H26N4O2/c30-25(29-16-13-22(14-17-29)27-24-10-5-15-26-28-24)12-11-20-8-4-9-23(18-20)31-19-21-6-2-1-3-7-21/h1-12,15,18,22H,13-14,16-17,19H2,(H,27,28)/b12-11+. The van der Waals surface area contributed by atoms with Crippen molar-refractivity contribution in [3.05, 3.63) is 90.1 Å². The van der Waals surface area contributed by atoms with Gasteiger partial charge in [-0.1, -0.05) is 42.5 Å². The van der Waals surface area contributed by atoms with Crippen LogP contribution >= 0.6 is 0 Å². The summed E-state index contributed by atoms with van der Waals surface area (Å²) in [7, 11) is 0. The Morgan fingerprint density at radius 3 is 2.68 bits per heavy atom. The molecule has 31 heavy (non-hydrogen) atoms. The Balaban J connectivity index is 1.26. The Kier molecular flexibility index (Phi) is 6.90. The fourth-order valence-corrected chi connectivity index (χ4v) is 3.55. The predicted octanol–water partition coefficient (Wildman–Crippen LogP) is 4.17. The van der Waals surface area contributed by atoms with Crippen molar-refractivity contribution in [1.82, 2.24) is 15.1 Å². The first-order valence-electron chi connectivity index (χ1n) is 10.5. The second kappa shape index (κ2) is 10.4. The fraction of sp³-hybridized carbons (Fsp3) is 0.240. The largest absolute Gasteiger partial charge is 0.489 e. The third-order valence-electron chi connectivity index (χ3n) is 5.26. The molecule has 1 aliphatic heterocycles. The van der Waals surface area contributed by atoms with Crippen molar-refractivity contribution in [2.24, 2.45) is 0 Å². The Morgan fingerprint density at radius 2 is 1.90 bits per heavy atom. The number of piperidine rings is 1. The van der Waals surface area contributed by atoms with Crippen LogP contribution in [0.1, 0.15) is 24.0 Å². The number of rotatable bonds is 7. The van der Waals surface area contributed by atoms with Crippen molar-refractivity contribution in [2.45, 2.75) is 25.5 Å². The number of amides is 1. The van der Waals surface area contributed by atoms with Gasteiger partial charge in [-0.05, 0) is 54.3 Å². The average Bonchev–Trinajstić information content (AvgIpc) is 2.83. The van der Waals surface area contributed by atoms with Crippen LogP contribution in [0, 0.1) is 0 Å². The van der Waals surface area contributed by atoms with Gasteiger partial charge in [0.05, 0.1) is 0 Å². The van der Waals surface area contributed by atoms with Gasteiger partial charge in [0, 0.05) is 31.4 Å². The van der Waals surface area contributed by atoms with Gasteiger partial charge >= 0.3 is 0 Å². The summed E-state index contributed by atoms with van der Waals surface area (Å²) in [6.45, 7) is 1.97. The number of hydrogen-bond acceptors (Lipinski definition) is 5. The molecule has 1 aromatic heterocycles. The first-order valence-corrected chi connectivity index (χ1v) is 10.5. The van der Waals surface area contributed by atoms with Crippen LogP contribution < -0.4 is 10.1 Å². The Hall–Kier alpha value is -3.67. The molecule has 0 saturated carbocycles. The van der Waals surface area contributed by atoms with Crippen molar-refractivity contribution in [1.29, 1.82) is 0 Å². The second-order valence-corrected chi connectivity index (χ2v) is 7.53. The molecule has 4 rings (SSSR count). The van der Waals surface area contributed by atoms with E-state index in [9.17, 15) is 4.79 Å². The maximum Gasteiger partial charge on any atom is 0.246 e. The van der Waals surface area contributed by atoms with Gasteiger partial charge < -0.3 is 15.0 Å². The molecular formula is C25H26N4O2. The highest BCUT2D eigenvalue weighted by atomic mass is 16.5. The van der Waals surface area contributed by atoms with Gasteiger partial charge in [0.15, 0.2) is 0 Å². The highest BCUT2D eigenvalue weighted by Crippen LogP contribution is 2.18. The average molecular weight is 415 g/mol. The summed E-state index contributed by atoms with van der Waals surface area (Å²) in [6.07, 6.45) is 6.93.